The number of nitrogens with two attached hydrogens (primary N) is 1. The summed E-state index contributed by atoms with van der Waals surface area (Å²) < 4.78 is 0. The monoisotopic (exact) mass is 214 g/mol. The van der Waals surface area contributed by atoms with Gasteiger partial charge in [0.2, 0.25) is 0 Å². The van der Waals surface area contributed by atoms with Gasteiger partial charge in [-0.15, -0.1) is 0 Å². The summed E-state index contributed by atoms with van der Waals surface area (Å²) in [6.07, 6.45) is 0.299. The molecule has 2 N–H and O–H groups in total. The number of fused-ring (bicyclic) bond motifs is 1. The second-order valence-corrected chi connectivity index (χ2v) is 3.81. The number of carboxylic acids is 1. The lowest BCUT2D eigenvalue weighted by molar-refractivity contribution is -0.307. The molecule has 0 saturated carbocycles. The fraction of sp³-hybridized carbons (Fsp3) is 0.154. The van der Waals surface area contributed by atoms with Gasteiger partial charge in [-0.1, -0.05) is 42.5 Å². The van der Waals surface area contributed by atoms with Gasteiger partial charge in [0.25, 0.3) is 0 Å². The zero-order chi connectivity index (χ0) is 11.5. The smallest absolute Gasteiger partial charge is 0.0585 e. The lowest BCUT2D eigenvalue weighted by Gasteiger charge is -2.12. The molecule has 0 amide bonds. The second-order valence-electron chi connectivity index (χ2n) is 3.81. The van der Waals surface area contributed by atoms with E-state index in [1.807, 2.05) is 42.5 Å². The predicted octanol–water partition coefficient (Wildman–Crippen LogP) is 0.459. The molecule has 3 nitrogen and oxygen atoms in total. The molecular formula is C13H12NO2-. The Balaban J connectivity index is 2.29. The van der Waals surface area contributed by atoms with Gasteiger partial charge in [-0.2, -0.15) is 0 Å². The molecule has 2 aromatic rings. The molecule has 0 radical (unpaired) electrons. The van der Waals surface area contributed by atoms with Crippen LogP contribution in [0.1, 0.15) is 5.56 Å². The lowest BCUT2D eigenvalue weighted by atomic mass is 10.0. The normalized spacial score (nSPS) is 12.6. The largest absolute Gasteiger partial charge is 0.548 e. The first-order chi connectivity index (χ1) is 7.66. The van der Waals surface area contributed by atoms with E-state index in [0.29, 0.717) is 6.42 Å². The standard InChI is InChI=1S/C13H13NO2/c14-12(13(15)16)8-9-5-6-10-3-1-2-4-11(10)7-9/h1-7,12H,8,14H2,(H,15,16)/p-1/t12-/m0/s1. The minimum atomic E-state index is -1.21. The Morgan fingerprint density at radius 3 is 2.56 bits per heavy atom. The van der Waals surface area contributed by atoms with Crippen LogP contribution in [0.3, 0.4) is 0 Å². The van der Waals surface area contributed by atoms with Crippen LogP contribution in [0.2, 0.25) is 0 Å². The zero-order valence-electron chi connectivity index (χ0n) is 8.72. The molecule has 0 bridgehead atoms. The molecule has 0 fully saturated rings. The molecule has 2 aromatic carbocycles. The highest BCUT2D eigenvalue weighted by molar-refractivity contribution is 5.83. The van der Waals surface area contributed by atoms with Crippen molar-refractivity contribution >= 4 is 16.7 Å². The average Bonchev–Trinajstić information content (AvgIpc) is 2.28. The maximum Gasteiger partial charge on any atom is 0.0585 e. The Morgan fingerprint density at radius 2 is 1.88 bits per heavy atom. The van der Waals surface area contributed by atoms with Crippen LogP contribution in [-0.4, -0.2) is 12.0 Å². The Hall–Kier alpha value is -1.87. The summed E-state index contributed by atoms with van der Waals surface area (Å²) in [4.78, 5) is 10.5. The molecule has 2 rings (SSSR count). The van der Waals surface area contributed by atoms with Gasteiger partial charge < -0.3 is 15.6 Å². The molecule has 1 atom stereocenters. The first kappa shape index (κ1) is 10.6. The molecule has 0 aromatic heterocycles. The van der Waals surface area contributed by atoms with E-state index in [0.717, 1.165) is 16.3 Å². The van der Waals surface area contributed by atoms with E-state index < -0.39 is 12.0 Å². The van der Waals surface area contributed by atoms with Crippen LogP contribution in [0, 0.1) is 0 Å². The molecule has 0 spiro atoms. The van der Waals surface area contributed by atoms with Crippen molar-refractivity contribution in [3.05, 3.63) is 48.0 Å². The van der Waals surface area contributed by atoms with Crippen molar-refractivity contribution in [3.8, 4) is 0 Å². The SMILES string of the molecule is N[C@@H](Cc1ccc2ccccc2c1)C(=O)[O-]. The van der Waals surface area contributed by atoms with E-state index in [4.69, 9.17) is 5.73 Å². The van der Waals surface area contributed by atoms with Crippen molar-refractivity contribution in [2.45, 2.75) is 12.5 Å². The average molecular weight is 214 g/mol. The van der Waals surface area contributed by atoms with Gasteiger partial charge in [0.1, 0.15) is 0 Å². The number of hydrogen-bond acceptors (Lipinski definition) is 3. The maximum atomic E-state index is 10.5. The first-order valence-electron chi connectivity index (χ1n) is 5.11. The minimum absolute atomic E-state index is 0.299. The van der Waals surface area contributed by atoms with Crippen LogP contribution in [0.4, 0.5) is 0 Å². The Bertz CT molecular complexity index is 522. The van der Waals surface area contributed by atoms with Crippen LogP contribution in [0.5, 0.6) is 0 Å². The third kappa shape index (κ3) is 2.20. The summed E-state index contributed by atoms with van der Waals surface area (Å²) in [5, 5.41) is 12.8. The summed E-state index contributed by atoms with van der Waals surface area (Å²) in [7, 11) is 0. The third-order valence-electron chi connectivity index (χ3n) is 2.57. The molecule has 0 unspecified atom stereocenters. The van der Waals surface area contributed by atoms with Gasteiger partial charge in [-0.05, 0) is 22.8 Å². The van der Waals surface area contributed by atoms with Crippen LogP contribution in [0.25, 0.3) is 10.8 Å². The van der Waals surface area contributed by atoms with Crippen molar-refractivity contribution in [2.75, 3.05) is 0 Å². The van der Waals surface area contributed by atoms with Crippen LogP contribution >= 0.6 is 0 Å². The molecule has 3 heteroatoms. The highest BCUT2D eigenvalue weighted by Gasteiger charge is 2.05. The summed E-state index contributed by atoms with van der Waals surface area (Å²) >= 11 is 0. The molecule has 0 aliphatic rings. The van der Waals surface area contributed by atoms with E-state index in [2.05, 4.69) is 0 Å². The minimum Gasteiger partial charge on any atom is -0.548 e. The van der Waals surface area contributed by atoms with E-state index in [9.17, 15) is 9.90 Å². The van der Waals surface area contributed by atoms with Gasteiger partial charge in [0.15, 0.2) is 0 Å². The molecule has 82 valence electrons. The van der Waals surface area contributed by atoms with Crippen molar-refractivity contribution in [1.29, 1.82) is 0 Å². The quantitative estimate of drug-likeness (QED) is 0.807. The number of benzene rings is 2. The third-order valence-corrected chi connectivity index (χ3v) is 2.57. The summed E-state index contributed by atoms with van der Waals surface area (Å²) in [5.41, 5.74) is 6.34. The second kappa shape index (κ2) is 4.33. The highest BCUT2D eigenvalue weighted by Crippen LogP contribution is 2.16. The molecule has 0 aliphatic heterocycles. The Kier molecular flexibility index (Phi) is 2.88. The zero-order valence-corrected chi connectivity index (χ0v) is 8.72. The van der Waals surface area contributed by atoms with Crippen LogP contribution in [-0.2, 0) is 11.2 Å². The Labute approximate surface area is 93.5 Å². The molecular weight excluding hydrogens is 202 g/mol. The molecule has 0 aliphatic carbocycles. The van der Waals surface area contributed by atoms with E-state index in [1.165, 1.54) is 0 Å². The van der Waals surface area contributed by atoms with Gasteiger partial charge >= 0.3 is 0 Å². The fourth-order valence-electron chi connectivity index (χ4n) is 1.70. The molecule has 0 heterocycles. The van der Waals surface area contributed by atoms with Crippen LogP contribution < -0.4 is 10.8 Å². The first-order valence-corrected chi connectivity index (χ1v) is 5.11. The van der Waals surface area contributed by atoms with E-state index in [1.54, 1.807) is 0 Å². The highest BCUT2D eigenvalue weighted by atomic mass is 16.4. The summed E-state index contributed by atoms with van der Waals surface area (Å²) in [6.45, 7) is 0. The lowest BCUT2D eigenvalue weighted by Crippen LogP contribution is -2.43. The number of hydrogen-bond donors (Lipinski definition) is 1. The molecule has 16 heavy (non-hydrogen) atoms. The topological polar surface area (TPSA) is 66.2 Å². The number of aliphatic carboxylic acids is 1. The fourth-order valence-corrected chi connectivity index (χ4v) is 1.70. The number of carboxylic acid groups (broad SMARTS) is 1. The van der Waals surface area contributed by atoms with Crippen molar-refractivity contribution in [3.63, 3.8) is 0 Å². The number of carbonyl (C=O) groups is 1. The number of carbonyl (C=O) groups excluding carboxylic acids is 1. The van der Waals surface area contributed by atoms with Crippen molar-refractivity contribution < 1.29 is 9.90 Å². The summed E-state index contributed by atoms with van der Waals surface area (Å²) in [5.74, 6) is -1.21. The van der Waals surface area contributed by atoms with Gasteiger partial charge in [0.05, 0.1) is 5.97 Å². The summed E-state index contributed by atoms with van der Waals surface area (Å²) in [6, 6.07) is 12.8. The number of rotatable bonds is 3. The van der Waals surface area contributed by atoms with Crippen LogP contribution in [0.15, 0.2) is 42.5 Å². The van der Waals surface area contributed by atoms with Crippen molar-refractivity contribution in [1.82, 2.24) is 0 Å². The van der Waals surface area contributed by atoms with Crippen molar-refractivity contribution in [2.24, 2.45) is 5.73 Å². The maximum absolute atomic E-state index is 10.5. The Morgan fingerprint density at radius 1 is 1.19 bits per heavy atom. The van der Waals surface area contributed by atoms with E-state index in [-0.39, 0.29) is 0 Å². The van der Waals surface area contributed by atoms with Gasteiger partial charge in [0, 0.05) is 6.04 Å². The van der Waals surface area contributed by atoms with E-state index >= 15 is 0 Å². The van der Waals surface area contributed by atoms with Gasteiger partial charge in [-0.25, -0.2) is 0 Å². The predicted molar refractivity (Wildman–Crippen MR) is 60.6 cm³/mol. The van der Waals surface area contributed by atoms with Gasteiger partial charge in [-0.3, -0.25) is 0 Å². The molecule has 0 saturated heterocycles.